The van der Waals surface area contributed by atoms with Crippen LogP contribution in [-0.4, -0.2) is 43.6 Å². The van der Waals surface area contributed by atoms with Crippen molar-refractivity contribution in [1.29, 1.82) is 0 Å². The zero-order valence-corrected chi connectivity index (χ0v) is 9.93. The van der Waals surface area contributed by atoms with E-state index in [4.69, 9.17) is 5.11 Å². The summed E-state index contributed by atoms with van der Waals surface area (Å²) < 4.78 is 39.3. The summed E-state index contributed by atoms with van der Waals surface area (Å²) in [5, 5.41) is 11.4. The topological polar surface area (TPSA) is 58.6 Å². The summed E-state index contributed by atoms with van der Waals surface area (Å²) in [4.78, 5) is 11.2. The molecule has 0 atom stereocenters. The van der Waals surface area contributed by atoms with E-state index in [0.29, 0.717) is 0 Å². The number of nitrogens with one attached hydrogen (secondary N) is 1. The molecule has 0 bridgehead atoms. The minimum atomic E-state index is -4.37. The van der Waals surface area contributed by atoms with E-state index in [2.05, 4.69) is 10.1 Å². The number of ether oxygens (including phenoxy) is 1. The molecule has 0 spiro atoms. The maximum absolute atomic E-state index is 11.7. The number of aliphatic hydroxyl groups excluding tert-OH is 1. The lowest BCUT2D eigenvalue weighted by Gasteiger charge is -2.21. The van der Waals surface area contributed by atoms with Crippen LogP contribution in [0.2, 0.25) is 0 Å². The highest BCUT2D eigenvalue weighted by molar-refractivity contribution is 5.75. The third-order valence-corrected chi connectivity index (χ3v) is 1.93. The largest absolute Gasteiger partial charge is 0.411 e. The van der Waals surface area contributed by atoms with Gasteiger partial charge in [0, 0.05) is 25.0 Å². The molecule has 0 aromatic heterocycles. The second-order valence-corrected chi connectivity index (χ2v) is 4.52. The summed E-state index contributed by atoms with van der Waals surface area (Å²) in [5.41, 5.74) is -0.442. The Morgan fingerprint density at radius 1 is 1.35 bits per heavy atom. The van der Waals surface area contributed by atoms with E-state index in [-0.39, 0.29) is 26.2 Å². The minimum absolute atomic E-state index is 0.0855. The van der Waals surface area contributed by atoms with Gasteiger partial charge in [0.15, 0.2) is 0 Å². The van der Waals surface area contributed by atoms with Gasteiger partial charge in [0.05, 0.1) is 6.61 Å². The fraction of sp³-hybridized carbons (Fsp3) is 0.900. The third kappa shape index (κ3) is 10.1. The number of carbonyl (C=O) groups excluding carboxylic acids is 1. The summed E-state index contributed by atoms with van der Waals surface area (Å²) in [7, 11) is 0. The molecule has 4 nitrogen and oxygen atoms in total. The van der Waals surface area contributed by atoms with Crippen LogP contribution < -0.4 is 5.32 Å². The van der Waals surface area contributed by atoms with Crippen LogP contribution in [0.15, 0.2) is 0 Å². The van der Waals surface area contributed by atoms with Crippen molar-refractivity contribution in [1.82, 2.24) is 5.32 Å². The molecule has 0 aliphatic rings. The van der Waals surface area contributed by atoms with Gasteiger partial charge in [0.1, 0.15) is 6.61 Å². The van der Waals surface area contributed by atoms with Crippen molar-refractivity contribution < 1.29 is 27.8 Å². The van der Waals surface area contributed by atoms with Gasteiger partial charge in [-0.15, -0.1) is 0 Å². The highest BCUT2D eigenvalue weighted by Gasteiger charge is 2.27. The highest BCUT2D eigenvalue weighted by atomic mass is 19.4. The molecule has 0 unspecified atom stereocenters. The molecule has 1 amide bonds. The summed E-state index contributed by atoms with van der Waals surface area (Å²) in [5.74, 6) is -0.395. The number of halogens is 3. The molecule has 0 aliphatic carbocycles. The molecule has 0 fully saturated rings. The lowest BCUT2D eigenvalue weighted by molar-refractivity contribution is -0.174. The highest BCUT2D eigenvalue weighted by Crippen LogP contribution is 2.14. The SMILES string of the molecule is CC(C)(CO)CNC(=O)CCOCC(F)(F)F. The quantitative estimate of drug-likeness (QED) is 0.671. The van der Waals surface area contributed by atoms with Crippen LogP contribution in [0.3, 0.4) is 0 Å². The maximum Gasteiger partial charge on any atom is 0.411 e. The molecular weight excluding hydrogens is 239 g/mol. The van der Waals surface area contributed by atoms with Crippen LogP contribution in [0.5, 0.6) is 0 Å². The molecule has 0 heterocycles. The fourth-order valence-corrected chi connectivity index (χ4v) is 0.835. The van der Waals surface area contributed by atoms with Crippen LogP contribution in [0.25, 0.3) is 0 Å². The molecule has 0 aromatic carbocycles. The molecule has 0 aromatic rings. The molecule has 17 heavy (non-hydrogen) atoms. The van der Waals surface area contributed by atoms with Crippen molar-refractivity contribution in [3.8, 4) is 0 Å². The van der Waals surface area contributed by atoms with Crippen molar-refractivity contribution in [3.63, 3.8) is 0 Å². The van der Waals surface area contributed by atoms with E-state index in [0.717, 1.165) is 0 Å². The lowest BCUT2D eigenvalue weighted by atomic mass is 9.95. The maximum atomic E-state index is 11.7. The van der Waals surface area contributed by atoms with Gasteiger partial charge in [-0.1, -0.05) is 13.8 Å². The van der Waals surface area contributed by atoms with Crippen molar-refractivity contribution >= 4 is 5.91 Å². The number of aliphatic hydroxyl groups is 1. The van der Waals surface area contributed by atoms with Gasteiger partial charge >= 0.3 is 6.18 Å². The van der Waals surface area contributed by atoms with Crippen molar-refractivity contribution in [3.05, 3.63) is 0 Å². The number of hydrogen-bond acceptors (Lipinski definition) is 3. The Morgan fingerprint density at radius 2 is 1.94 bits per heavy atom. The van der Waals surface area contributed by atoms with E-state index in [1.807, 2.05) is 0 Å². The number of alkyl halides is 3. The average molecular weight is 257 g/mol. The molecule has 0 aliphatic heterocycles. The first-order valence-corrected chi connectivity index (χ1v) is 5.18. The third-order valence-electron chi connectivity index (χ3n) is 1.93. The first kappa shape index (κ1) is 16.2. The minimum Gasteiger partial charge on any atom is -0.396 e. The van der Waals surface area contributed by atoms with Gasteiger partial charge in [-0.05, 0) is 0 Å². The summed E-state index contributed by atoms with van der Waals surface area (Å²) in [6, 6.07) is 0. The second kappa shape index (κ2) is 6.80. The predicted molar refractivity (Wildman–Crippen MR) is 55.4 cm³/mol. The first-order valence-electron chi connectivity index (χ1n) is 5.18. The standard InChI is InChI=1S/C10H18F3NO3/c1-9(2,6-15)5-14-8(16)3-4-17-7-10(11,12)13/h15H,3-7H2,1-2H3,(H,14,16). The Hall–Kier alpha value is -0.820. The van der Waals surface area contributed by atoms with Crippen LogP contribution >= 0.6 is 0 Å². The molecule has 0 saturated heterocycles. The van der Waals surface area contributed by atoms with Gasteiger partial charge in [-0.25, -0.2) is 0 Å². The molecule has 7 heteroatoms. The zero-order chi connectivity index (χ0) is 13.5. The van der Waals surface area contributed by atoms with Crippen LogP contribution in [0.1, 0.15) is 20.3 Å². The normalized spacial score (nSPS) is 12.6. The van der Waals surface area contributed by atoms with E-state index in [9.17, 15) is 18.0 Å². The Kier molecular flexibility index (Phi) is 6.48. The van der Waals surface area contributed by atoms with Gasteiger partial charge in [-0.3, -0.25) is 4.79 Å². The number of rotatable bonds is 7. The van der Waals surface area contributed by atoms with Gasteiger partial charge in [0.25, 0.3) is 0 Å². The van der Waals surface area contributed by atoms with Crippen LogP contribution in [0, 0.1) is 5.41 Å². The second-order valence-electron chi connectivity index (χ2n) is 4.52. The van der Waals surface area contributed by atoms with E-state index in [1.54, 1.807) is 13.8 Å². The number of amides is 1. The predicted octanol–water partition coefficient (Wildman–Crippen LogP) is 1.09. The van der Waals surface area contributed by atoms with Crippen molar-refractivity contribution in [2.24, 2.45) is 5.41 Å². The van der Waals surface area contributed by atoms with Gasteiger partial charge in [-0.2, -0.15) is 13.2 Å². The Labute approximate surface area is 98.1 Å². The zero-order valence-electron chi connectivity index (χ0n) is 9.93. The molecule has 0 radical (unpaired) electrons. The smallest absolute Gasteiger partial charge is 0.396 e. The average Bonchev–Trinajstić information content (AvgIpc) is 2.20. The summed E-state index contributed by atoms with van der Waals surface area (Å²) >= 11 is 0. The number of carbonyl (C=O) groups is 1. The number of hydrogen-bond donors (Lipinski definition) is 2. The molecule has 2 N–H and O–H groups in total. The monoisotopic (exact) mass is 257 g/mol. The Bertz CT molecular complexity index is 241. The van der Waals surface area contributed by atoms with Crippen LogP contribution in [0.4, 0.5) is 13.2 Å². The molecule has 0 rings (SSSR count). The molecular formula is C10H18F3NO3. The summed E-state index contributed by atoms with van der Waals surface area (Å²) in [6.07, 6.45) is -4.49. The lowest BCUT2D eigenvalue weighted by Crippen LogP contribution is -2.36. The Balaban J connectivity index is 3.61. The Morgan fingerprint density at radius 3 is 2.41 bits per heavy atom. The van der Waals surface area contributed by atoms with Crippen molar-refractivity contribution in [2.75, 3.05) is 26.4 Å². The van der Waals surface area contributed by atoms with Gasteiger partial charge in [0.2, 0.25) is 5.91 Å². The van der Waals surface area contributed by atoms with Gasteiger partial charge < -0.3 is 15.2 Å². The van der Waals surface area contributed by atoms with E-state index >= 15 is 0 Å². The summed E-state index contributed by atoms with van der Waals surface area (Å²) in [6.45, 7) is 2.08. The van der Waals surface area contributed by atoms with E-state index in [1.165, 1.54) is 0 Å². The van der Waals surface area contributed by atoms with Crippen molar-refractivity contribution in [2.45, 2.75) is 26.4 Å². The molecule has 102 valence electrons. The van der Waals surface area contributed by atoms with E-state index < -0.39 is 24.1 Å². The molecule has 0 saturated carbocycles. The fourth-order valence-electron chi connectivity index (χ4n) is 0.835. The van der Waals surface area contributed by atoms with Crippen LogP contribution in [-0.2, 0) is 9.53 Å². The first-order chi connectivity index (χ1) is 7.66.